The molecule has 7 heteroatoms. The predicted octanol–water partition coefficient (Wildman–Crippen LogP) is 4.50. The van der Waals surface area contributed by atoms with Gasteiger partial charge in [-0.1, -0.05) is 38.6 Å². The van der Waals surface area contributed by atoms with Gasteiger partial charge in [-0.3, -0.25) is 4.79 Å². The molecule has 0 bridgehead atoms. The fraction of sp³-hybridized carbons (Fsp3) is 0.500. The number of nitrogens with one attached hydrogen (secondary N) is 1. The summed E-state index contributed by atoms with van der Waals surface area (Å²) in [7, 11) is 0. The van der Waals surface area contributed by atoms with Crippen molar-refractivity contribution in [2.45, 2.75) is 51.2 Å². The molecule has 5 nitrogen and oxygen atoms in total. The number of carbonyl (C=O) groups excluding carboxylic acids is 1. The summed E-state index contributed by atoms with van der Waals surface area (Å²) >= 11 is 3.33. The zero-order valence-electron chi connectivity index (χ0n) is 14.7. The zero-order valence-corrected chi connectivity index (χ0v) is 16.3. The summed E-state index contributed by atoms with van der Waals surface area (Å²) in [6.07, 6.45) is 2.52. The molecular weight excluding hydrogens is 352 g/mol. The summed E-state index contributed by atoms with van der Waals surface area (Å²) in [5.74, 6) is 1.97. The van der Waals surface area contributed by atoms with Crippen LogP contribution in [0.5, 0.6) is 0 Å². The van der Waals surface area contributed by atoms with Crippen LogP contribution < -0.4 is 5.32 Å². The molecule has 132 valence electrons. The van der Waals surface area contributed by atoms with Crippen LogP contribution in [0.4, 0.5) is 5.95 Å². The number of allylic oxidation sites excluding steroid dienone is 2. The van der Waals surface area contributed by atoms with Gasteiger partial charge < -0.3 is 5.32 Å². The average molecular weight is 375 g/mol. The molecule has 0 amide bonds. The van der Waals surface area contributed by atoms with E-state index in [-0.39, 0.29) is 17.2 Å². The molecule has 0 saturated heterocycles. The number of rotatable bonds is 4. The van der Waals surface area contributed by atoms with Gasteiger partial charge in [-0.15, -0.1) is 16.4 Å². The Balaban J connectivity index is 1.81. The fourth-order valence-corrected chi connectivity index (χ4v) is 5.06. The van der Waals surface area contributed by atoms with Gasteiger partial charge in [0.1, 0.15) is 6.04 Å². The Kier molecular flexibility index (Phi) is 4.24. The minimum Gasteiger partial charge on any atom is -0.328 e. The first-order valence-electron chi connectivity index (χ1n) is 8.64. The van der Waals surface area contributed by atoms with Crippen LogP contribution >= 0.6 is 23.1 Å². The van der Waals surface area contributed by atoms with Crippen LogP contribution in [0, 0.1) is 5.41 Å². The van der Waals surface area contributed by atoms with Gasteiger partial charge in [0.05, 0.1) is 0 Å². The van der Waals surface area contributed by atoms with Gasteiger partial charge in [0.2, 0.25) is 11.1 Å². The molecule has 2 aromatic rings. The first-order valence-corrected chi connectivity index (χ1v) is 10.5. The average Bonchev–Trinajstić information content (AvgIpc) is 3.18. The van der Waals surface area contributed by atoms with E-state index in [1.54, 1.807) is 23.1 Å². The second kappa shape index (κ2) is 6.29. The minimum absolute atomic E-state index is 0.0229. The standard InChI is InChI=1S/C18H22N4OS2/c1-4-7-25-17-20-16-19-11-9-18(2,3)10-12(23)14(11)15(22(16)21-17)13-6-5-8-24-13/h5-6,8,15H,4,7,9-10H2,1-3H3,(H,19,20,21). The Hall–Kier alpha value is -1.60. The molecule has 0 saturated carbocycles. The number of hydrogen-bond acceptors (Lipinski definition) is 6. The topological polar surface area (TPSA) is 59.8 Å². The second-order valence-corrected chi connectivity index (χ2v) is 9.43. The Morgan fingerprint density at radius 3 is 3.00 bits per heavy atom. The van der Waals surface area contributed by atoms with Gasteiger partial charge in [0.25, 0.3) is 0 Å². The molecule has 3 heterocycles. The summed E-state index contributed by atoms with van der Waals surface area (Å²) in [6, 6.07) is 3.96. The van der Waals surface area contributed by atoms with Crippen molar-refractivity contribution in [3.63, 3.8) is 0 Å². The first kappa shape index (κ1) is 16.8. The Labute approximate surface area is 155 Å². The predicted molar refractivity (Wildman–Crippen MR) is 102 cm³/mol. The number of Topliss-reactive ketones (excluding diaryl/α,β-unsaturated/α-hetero) is 1. The lowest BCUT2D eigenvalue weighted by Gasteiger charge is -2.37. The number of fused-ring (bicyclic) bond motifs is 1. The maximum absolute atomic E-state index is 13.0. The van der Waals surface area contributed by atoms with Crippen molar-refractivity contribution >= 4 is 34.8 Å². The molecule has 1 N–H and O–H groups in total. The van der Waals surface area contributed by atoms with E-state index in [1.165, 1.54) is 0 Å². The van der Waals surface area contributed by atoms with Gasteiger partial charge in [0, 0.05) is 28.3 Å². The second-order valence-electron chi connectivity index (χ2n) is 7.39. The number of aromatic nitrogens is 3. The van der Waals surface area contributed by atoms with E-state index < -0.39 is 0 Å². The van der Waals surface area contributed by atoms with E-state index in [0.717, 1.165) is 45.8 Å². The highest BCUT2D eigenvalue weighted by atomic mass is 32.2. The zero-order chi connectivity index (χ0) is 17.6. The van der Waals surface area contributed by atoms with Crippen LogP contribution in [0.15, 0.2) is 33.9 Å². The monoisotopic (exact) mass is 374 g/mol. The summed E-state index contributed by atoms with van der Waals surface area (Å²) < 4.78 is 1.90. The molecule has 25 heavy (non-hydrogen) atoms. The summed E-state index contributed by atoms with van der Waals surface area (Å²) in [6.45, 7) is 6.45. The van der Waals surface area contributed by atoms with Crippen LogP contribution in [0.1, 0.15) is 51.0 Å². The molecular formula is C18H22N4OS2. The van der Waals surface area contributed by atoms with Gasteiger partial charge in [-0.25, -0.2) is 4.68 Å². The number of hydrogen-bond donors (Lipinski definition) is 1. The highest BCUT2D eigenvalue weighted by molar-refractivity contribution is 7.99. The number of thiophene rings is 1. The molecule has 0 aromatic carbocycles. The van der Waals surface area contributed by atoms with Crippen LogP contribution in [-0.2, 0) is 4.79 Å². The summed E-state index contributed by atoms with van der Waals surface area (Å²) in [4.78, 5) is 18.8. The number of nitrogens with zero attached hydrogens (tertiary/aromatic N) is 3. The van der Waals surface area contributed by atoms with Crippen molar-refractivity contribution in [1.29, 1.82) is 0 Å². The van der Waals surface area contributed by atoms with Gasteiger partial charge in [-0.2, -0.15) is 4.98 Å². The van der Waals surface area contributed by atoms with Crippen LogP contribution in [-0.4, -0.2) is 26.3 Å². The summed E-state index contributed by atoms with van der Waals surface area (Å²) in [5.41, 5.74) is 1.86. The third-order valence-electron chi connectivity index (χ3n) is 4.56. The number of thioether (sulfide) groups is 1. The molecule has 1 unspecified atom stereocenters. The van der Waals surface area contributed by atoms with E-state index in [2.05, 4.69) is 42.5 Å². The van der Waals surface area contributed by atoms with Crippen molar-refractivity contribution in [3.8, 4) is 0 Å². The lowest BCUT2D eigenvalue weighted by atomic mass is 9.73. The third kappa shape index (κ3) is 3.04. The van der Waals surface area contributed by atoms with Gasteiger partial charge in [-0.05, 0) is 29.7 Å². The third-order valence-corrected chi connectivity index (χ3v) is 6.53. The maximum Gasteiger partial charge on any atom is 0.227 e. The van der Waals surface area contributed by atoms with Crippen molar-refractivity contribution in [2.75, 3.05) is 11.1 Å². The SMILES string of the molecule is CCCSc1nc2n(n1)C(c1cccs1)C1=C(CC(C)(C)CC1=O)N2. The van der Waals surface area contributed by atoms with Crippen LogP contribution in [0.2, 0.25) is 0 Å². The molecule has 0 radical (unpaired) electrons. The van der Waals surface area contributed by atoms with E-state index in [4.69, 9.17) is 5.10 Å². The minimum atomic E-state index is -0.154. The van der Waals surface area contributed by atoms with Crippen LogP contribution in [0.3, 0.4) is 0 Å². The lowest BCUT2D eigenvalue weighted by Crippen LogP contribution is -2.36. The first-order chi connectivity index (χ1) is 12.0. The van der Waals surface area contributed by atoms with E-state index >= 15 is 0 Å². The van der Waals surface area contributed by atoms with Crippen molar-refractivity contribution in [2.24, 2.45) is 5.41 Å². The van der Waals surface area contributed by atoms with Gasteiger partial charge >= 0.3 is 0 Å². The molecule has 1 aliphatic heterocycles. The van der Waals surface area contributed by atoms with E-state index in [9.17, 15) is 4.79 Å². The van der Waals surface area contributed by atoms with Crippen molar-refractivity contribution in [1.82, 2.24) is 14.8 Å². The van der Waals surface area contributed by atoms with Crippen LogP contribution in [0.25, 0.3) is 0 Å². The summed E-state index contributed by atoms with van der Waals surface area (Å²) in [5, 5.41) is 11.0. The van der Waals surface area contributed by atoms with E-state index in [1.807, 2.05) is 10.7 Å². The molecule has 4 rings (SSSR count). The fourth-order valence-electron chi connectivity index (χ4n) is 3.55. The maximum atomic E-state index is 13.0. The molecule has 2 aromatic heterocycles. The Bertz CT molecular complexity index is 835. The quantitative estimate of drug-likeness (QED) is 0.799. The molecule has 0 spiro atoms. The van der Waals surface area contributed by atoms with E-state index in [0.29, 0.717) is 6.42 Å². The Morgan fingerprint density at radius 2 is 2.28 bits per heavy atom. The molecule has 0 fully saturated rings. The molecule has 2 aliphatic rings. The van der Waals surface area contributed by atoms with Crippen molar-refractivity contribution < 1.29 is 4.79 Å². The number of anilines is 1. The number of carbonyl (C=O) groups is 1. The highest BCUT2D eigenvalue weighted by Gasteiger charge is 2.42. The largest absolute Gasteiger partial charge is 0.328 e. The van der Waals surface area contributed by atoms with Crippen molar-refractivity contribution in [3.05, 3.63) is 33.7 Å². The molecule has 1 aliphatic carbocycles. The lowest BCUT2D eigenvalue weighted by molar-refractivity contribution is -0.118. The number of ketones is 1. The molecule has 1 atom stereocenters. The Morgan fingerprint density at radius 1 is 1.44 bits per heavy atom. The highest BCUT2D eigenvalue weighted by Crippen LogP contribution is 2.46. The van der Waals surface area contributed by atoms with Gasteiger partial charge in [0.15, 0.2) is 5.78 Å². The normalized spacial score (nSPS) is 21.7. The smallest absolute Gasteiger partial charge is 0.227 e.